The summed E-state index contributed by atoms with van der Waals surface area (Å²) in [6.07, 6.45) is 3.13. The van der Waals surface area contributed by atoms with Crippen molar-refractivity contribution < 1.29 is 18.9 Å². The van der Waals surface area contributed by atoms with E-state index in [2.05, 4.69) is 15.1 Å². The molecule has 9 nitrogen and oxygen atoms in total. The number of fused-ring (bicyclic) bond motifs is 1. The number of nitrogens with one attached hydrogen (secondary N) is 1. The first kappa shape index (κ1) is 22.5. The summed E-state index contributed by atoms with van der Waals surface area (Å²) < 4.78 is 5.30. The number of hydrogen-bond acceptors (Lipinski definition) is 6. The summed E-state index contributed by atoms with van der Waals surface area (Å²) in [6.45, 7) is 6.52. The van der Waals surface area contributed by atoms with E-state index < -0.39 is 11.7 Å². The van der Waals surface area contributed by atoms with E-state index in [1.165, 1.54) is 11.1 Å². The van der Waals surface area contributed by atoms with Gasteiger partial charge in [-0.05, 0) is 39.0 Å². The van der Waals surface area contributed by atoms with Crippen molar-refractivity contribution in [1.29, 1.82) is 0 Å². The Hall–Kier alpha value is -4.27. The second kappa shape index (κ2) is 8.83. The monoisotopic (exact) mass is 471 g/mol. The Balaban J connectivity index is 1.37. The number of carbonyl (C=O) groups is 3. The number of aromatic amines is 1. The molecule has 178 valence electrons. The van der Waals surface area contributed by atoms with Crippen LogP contribution in [0.15, 0.2) is 53.3 Å². The Morgan fingerprint density at radius 1 is 1.09 bits per heavy atom. The Bertz CT molecular complexity index is 1420. The Morgan fingerprint density at radius 3 is 2.54 bits per heavy atom. The van der Waals surface area contributed by atoms with Crippen molar-refractivity contribution in [3.63, 3.8) is 0 Å². The van der Waals surface area contributed by atoms with E-state index in [0.717, 1.165) is 16.8 Å². The van der Waals surface area contributed by atoms with E-state index in [0.29, 0.717) is 35.4 Å². The van der Waals surface area contributed by atoms with Crippen molar-refractivity contribution in [2.45, 2.75) is 26.8 Å². The zero-order valence-electron chi connectivity index (χ0n) is 19.7. The summed E-state index contributed by atoms with van der Waals surface area (Å²) in [6, 6.07) is 10.6. The van der Waals surface area contributed by atoms with Gasteiger partial charge in [-0.15, -0.1) is 0 Å². The van der Waals surface area contributed by atoms with E-state index in [4.69, 9.17) is 4.52 Å². The van der Waals surface area contributed by atoms with Gasteiger partial charge in [0.2, 0.25) is 0 Å². The SMILES string of the molecule is Cc1noc(C)c1-c1ccnc2c(C(=O)C(=O)N3CCN(C(=O)c4ccccc4)CC3C)c[nH]c12. The van der Waals surface area contributed by atoms with Crippen LogP contribution in [-0.2, 0) is 4.79 Å². The van der Waals surface area contributed by atoms with Gasteiger partial charge >= 0.3 is 0 Å². The van der Waals surface area contributed by atoms with Crippen LogP contribution in [0.2, 0.25) is 0 Å². The summed E-state index contributed by atoms with van der Waals surface area (Å²) in [5.41, 5.74) is 4.25. The van der Waals surface area contributed by atoms with Crippen molar-refractivity contribution in [2.24, 2.45) is 0 Å². The molecule has 1 fully saturated rings. The second-order valence-corrected chi connectivity index (χ2v) is 8.78. The third kappa shape index (κ3) is 3.88. The number of ketones is 1. The molecule has 2 amide bonds. The molecule has 0 aliphatic carbocycles. The van der Waals surface area contributed by atoms with Gasteiger partial charge in [0.1, 0.15) is 5.76 Å². The van der Waals surface area contributed by atoms with Gasteiger partial charge in [-0.3, -0.25) is 19.4 Å². The number of Topliss-reactive ketones (excluding diaryl/α,β-unsaturated/α-hetero) is 1. The summed E-state index contributed by atoms with van der Waals surface area (Å²) >= 11 is 0. The van der Waals surface area contributed by atoms with E-state index >= 15 is 0 Å². The van der Waals surface area contributed by atoms with E-state index in [1.807, 2.05) is 45.0 Å². The van der Waals surface area contributed by atoms with Crippen molar-refractivity contribution in [3.8, 4) is 11.1 Å². The number of nitrogens with zero attached hydrogens (tertiary/aromatic N) is 4. The van der Waals surface area contributed by atoms with E-state index in [1.54, 1.807) is 23.2 Å². The molecule has 1 unspecified atom stereocenters. The van der Waals surface area contributed by atoms with Crippen LogP contribution in [0.1, 0.15) is 39.1 Å². The van der Waals surface area contributed by atoms with Crippen LogP contribution < -0.4 is 0 Å². The molecular formula is C26H25N5O4. The lowest BCUT2D eigenvalue weighted by Crippen LogP contribution is -2.56. The first-order chi connectivity index (χ1) is 16.9. The molecule has 4 heterocycles. The van der Waals surface area contributed by atoms with Gasteiger partial charge in [0.15, 0.2) is 0 Å². The maximum atomic E-state index is 13.3. The molecule has 1 N–H and O–H groups in total. The Labute approximate surface area is 201 Å². The number of aromatic nitrogens is 3. The third-order valence-corrected chi connectivity index (χ3v) is 6.50. The maximum Gasteiger partial charge on any atom is 0.295 e. The standard InChI is InChI=1S/C26H25N5O4/c1-15-14-30(25(33)18-7-5-4-6-8-18)11-12-31(15)26(34)24(32)20-13-28-22-19(9-10-27-23(20)22)21-16(2)29-35-17(21)3/h4-10,13,15,28H,11-12,14H2,1-3H3. The number of H-pyrrole nitrogens is 1. The number of hydrogen-bond donors (Lipinski definition) is 1. The fraction of sp³-hybridized carbons (Fsp3) is 0.269. The molecule has 1 atom stereocenters. The van der Waals surface area contributed by atoms with Crippen molar-refractivity contribution in [2.75, 3.05) is 19.6 Å². The van der Waals surface area contributed by atoms with Crippen LogP contribution in [0.4, 0.5) is 0 Å². The summed E-state index contributed by atoms with van der Waals surface area (Å²) in [4.78, 5) is 50.0. The van der Waals surface area contributed by atoms with Gasteiger partial charge < -0.3 is 19.3 Å². The predicted octanol–water partition coefficient (Wildman–Crippen LogP) is 3.39. The minimum absolute atomic E-state index is 0.0800. The summed E-state index contributed by atoms with van der Waals surface area (Å²) in [7, 11) is 0. The van der Waals surface area contributed by atoms with Crippen LogP contribution in [0, 0.1) is 13.8 Å². The van der Waals surface area contributed by atoms with Crippen molar-refractivity contribution in [3.05, 3.63) is 71.4 Å². The van der Waals surface area contributed by atoms with Crippen LogP contribution in [0.25, 0.3) is 22.2 Å². The number of benzene rings is 1. The normalized spacial score (nSPS) is 16.0. The van der Waals surface area contributed by atoms with E-state index in [9.17, 15) is 14.4 Å². The first-order valence-electron chi connectivity index (χ1n) is 11.5. The highest BCUT2D eigenvalue weighted by molar-refractivity contribution is 6.44. The van der Waals surface area contributed by atoms with Gasteiger partial charge in [0.05, 0.1) is 22.3 Å². The fourth-order valence-corrected chi connectivity index (χ4v) is 4.73. The lowest BCUT2D eigenvalue weighted by atomic mass is 10.0. The van der Waals surface area contributed by atoms with Crippen molar-refractivity contribution >= 4 is 28.6 Å². The van der Waals surface area contributed by atoms with Crippen LogP contribution in [0.5, 0.6) is 0 Å². The third-order valence-electron chi connectivity index (χ3n) is 6.50. The number of pyridine rings is 1. The Kier molecular flexibility index (Phi) is 5.68. The number of carbonyl (C=O) groups excluding carboxylic acids is 3. The average Bonchev–Trinajstić information content (AvgIpc) is 3.46. The number of aryl methyl sites for hydroxylation is 2. The zero-order chi connectivity index (χ0) is 24.7. The van der Waals surface area contributed by atoms with Gasteiger partial charge in [-0.1, -0.05) is 23.4 Å². The molecule has 0 spiro atoms. The van der Waals surface area contributed by atoms with Gasteiger partial charge in [0.25, 0.3) is 17.6 Å². The van der Waals surface area contributed by atoms with Gasteiger partial charge in [0, 0.05) is 54.8 Å². The lowest BCUT2D eigenvalue weighted by molar-refractivity contribution is -0.130. The van der Waals surface area contributed by atoms with Crippen LogP contribution in [-0.4, -0.2) is 68.2 Å². The minimum atomic E-state index is -0.630. The minimum Gasteiger partial charge on any atom is -0.361 e. The molecule has 35 heavy (non-hydrogen) atoms. The molecule has 9 heteroatoms. The highest BCUT2D eigenvalue weighted by Gasteiger charge is 2.34. The number of piperazine rings is 1. The largest absolute Gasteiger partial charge is 0.361 e. The molecule has 3 aromatic heterocycles. The zero-order valence-corrected chi connectivity index (χ0v) is 19.7. The highest BCUT2D eigenvalue weighted by Crippen LogP contribution is 2.33. The Morgan fingerprint density at radius 2 is 1.86 bits per heavy atom. The highest BCUT2D eigenvalue weighted by atomic mass is 16.5. The molecule has 0 saturated carbocycles. The molecule has 1 aliphatic rings. The van der Waals surface area contributed by atoms with Gasteiger partial charge in [-0.25, -0.2) is 0 Å². The predicted molar refractivity (Wildman–Crippen MR) is 129 cm³/mol. The molecule has 5 rings (SSSR count). The number of amides is 2. The molecule has 0 radical (unpaired) electrons. The van der Waals surface area contributed by atoms with E-state index in [-0.39, 0.29) is 24.1 Å². The smallest absolute Gasteiger partial charge is 0.295 e. The van der Waals surface area contributed by atoms with Crippen LogP contribution >= 0.6 is 0 Å². The molecule has 4 aromatic rings. The first-order valence-corrected chi connectivity index (χ1v) is 11.5. The fourth-order valence-electron chi connectivity index (χ4n) is 4.73. The second-order valence-electron chi connectivity index (χ2n) is 8.78. The summed E-state index contributed by atoms with van der Waals surface area (Å²) in [5, 5.41) is 4.01. The van der Waals surface area contributed by atoms with Crippen molar-refractivity contribution in [1.82, 2.24) is 24.9 Å². The average molecular weight is 472 g/mol. The number of rotatable bonds is 4. The van der Waals surface area contributed by atoms with Crippen LogP contribution in [0.3, 0.4) is 0 Å². The van der Waals surface area contributed by atoms with Gasteiger partial charge in [-0.2, -0.15) is 0 Å². The maximum absolute atomic E-state index is 13.3. The topological polar surface area (TPSA) is 112 Å². The molecule has 1 aromatic carbocycles. The molecular weight excluding hydrogens is 446 g/mol. The molecule has 0 bridgehead atoms. The lowest BCUT2D eigenvalue weighted by Gasteiger charge is -2.39. The molecule has 1 aliphatic heterocycles. The molecule has 1 saturated heterocycles. The summed E-state index contributed by atoms with van der Waals surface area (Å²) in [5.74, 6) is -0.655. The quantitative estimate of drug-likeness (QED) is 0.361.